The summed E-state index contributed by atoms with van der Waals surface area (Å²) in [6.07, 6.45) is 11.8. The van der Waals surface area contributed by atoms with Gasteiger partial charge in [-0.25, -0.2) is 14.2 Å². The summed E-state index contributed by atoms with van der Waals surface area (Å²) in [5.74, 6) is 2.85. The number of hydrogen-bond donors (Lipinski definition) is 3. The molecule has 2 amide bonds. The number of rotatable bonds is 7. The van der Waals surface area contributed by atoms with Crippen LogP contribution in [0.25, 0.3) is 0 Å². The largest absolute Gasteiger partial charge is 0.506 e. The van der Waals surface area contributed by atoms with Crippen LogP contribution in [0.5, 0.6) is 0 Å². The van der Waals surface area contributed by atoms with E-state index in [9.17, 15) is 18.8 Å². The fourth-order valence-corrected chi connectivity index (χ4v) is 4.14. The third-order valence-electron chi connectivity index (χ3n) is 6.30. The van der Waals surface area contributed by atoms with Gasteiger partial charge in [0.05, 0.1) is 28.8 Å². The molecule has 0 spiro atoms. The number of nitrogens with one attached hydrogen (secondary N) is 2. The Morgan fingerprint density at radius 1 is 0.927 bits per heavy atom. The summed E-state index contributed by atoms with van der Waals surface area (Å²) >= 11 is 0. The lowest BCUT2D eigenvalue weighted by Gasteiger charge is -2.29. The van der Waals surface area contributed by atoms with Crippen molar-refractivity contribution in [2.75, 3.05) is 23.7 Å². The topological polar surface area (TPSA) is 120 Å². The zero-order valence-electron chi connectivity index (χ0n) is 21.8. The predicted molar refractivity (Wildman–Crippen MR) is 153 cm³/mol. The molecule has 3 N–H and O–H groups in total. The lowest BCUT2D eigenvalue weighted by molar-refractivity contribution is 0.0297. The van der Waals surface area contributed by atoms with E-state index in [-0.39, 0.29) is 28.6 Å². The second kappa shape index (κ2) is 13.0. The molecule has 0 atom stereocenters. The van der Waals surface area contributed by atoms with Gasteiger partial charge in [0.1, 0.15) is 11.9 Å². The molecule has 0 aromatic heterocycles. The van der Waals surface area contributed by atoms with E-state index in [4.69, 9.17) is 22.7 Å². The summed E-state index contributed by atoms with van der Waals surface area (Å²) in [6, 6.07) is 15.0. The maximum atomic E-state index is 14.9. The molecule has 1 aliphatic heterocycles. The van der Waals surface area contributed by atoms with Crippen molar-refractivity contribution in [2.45, 2.75) is 18.9 Å². The molecule has 0 radical (unpaired) electrons. The first-order valence-electron chi connectivity index (χ1n) is 12.5. The number of aliphatic imine (C=N–C) groups is 1. The van der Waals surface area contributed by atoms with Crippen LogP contribution in [0.15, 0.2) is 65.7 Å². The molecular weight excluding hydrogens is 527 g/mol. The van der Waals surface area contributed by atoms with Crippen LogP contribution in [0, 0.1) is 30.5 Å². The highest BCUT2D eigenvalue weighted by molar-refractivity contribution is 6.12. The number of likely N-dealkylation sites (tertiary alicyclic amines) is 1. The quantitative estimate of drug-likeness (QED) is 0.162. The van der Waals surface area contributed by atoms with Crippen molar-refractivity contribution in [3.8, 4) is 24.7 Å². The standard InChI is InChI=1S/C31H25FN4O5/c1-3-20-5-8-22(9-6-20)34-30(38)26-17-21(4-2)7-12-28(26)35-29(37)25-11-10-23(18-27(25)32)33-19-36-15-13-24(14-16-36)41-31(39)40/h1-2,5-12,17-19,24H,13-16H2,(H,34,38)(H,35,37)(H,39,40). The number of halogens is 1. The monoisotopic (exact) mass is 552 g/mol. The van der Waals surface area contributed by atoms with E-state index in [0.717, 1.165) is 6.07 Å². The molecule has 0 saturated carbocycles. The molecule has 3 aromatic carbocycles. The first-order valence-corrected chi connectivity index (χ1v) is 12.5. The van der Waals surface area contributed by atoms with Crippen LogP contribution in [0.3, 0.4) is 0 Å². The highest BCUT2D eigenvalue weighted by atomic mass is 19.1. The van der Waals surface area contributed by atoms with Gasteiger partial charge >= 0.3 is 6.16 Å². The number of hydrogen-bond acceptors (Lipinski definition) is 5. The third-order valence-corrected chi connectivity index (χ3v) is 6.30. The van der Waals surface area contributed by atoms with E-state index in [1.54, 1.807) is 36.7 Å². The van der Waals surface area contributed by atoms with Gasteiger partial charge in [0.25, 0.3) is 11.8 Å². The molecular formula is C31H25FN4O5. The van der Waals surface area contributed by atoms with E-state index in [0.29, 0.717) is 42.7 Å². The number of piperidine rings is 1. The summed E-state index contributed by atoms with van der Waals surface area (Å²) in [7, 11) is 0. The Labute approximate surface area is 236 Å². The summed E-state index contributed by atoms with van der Waals surface area (Å²) in [5.41, 5.74) is 1.83. The van der Waals surface area contributed by atoms with Crippen molar-refractivity contribution < 1.29 is 28.6 Å². The summed E-state index contributed by atoms with van der Waals surface area (Å²) in [4.78, 5) is 42.8. The van der Waals surface area contributed by atoms with Gasteiger partial charge < -0.3 is 25.4 Å². The average molecular weight is 553 g/mol. The van der Waals surface area contributed by atoms with Crippen molar-refractivity contribution in [1.29, 1.82) is 0 Å². The molecule has 3 aromatic rings. The van der Waals surface area contributed by atoms with Gasteiger partial charge in [-0.05, 0) is 54.6 Å². The third kappa shape index (κ3) is 7.49. The molecule has 10 heteroatoms. The van der Waals surface area contributed by atoms with Crippen LogP contribution >= 0.6 is 0 Å². The first kappa shape index (κ1) is 28.4. The highest BCUT2D eigenvalue weighted by Gasteiger charge is 2.21. The number of carbonyl (C=O) groups excluding carboxylic acids is 2. The second-order valence-corrected chi connectivity index (χ2v) is 9.06. The minimum atomic E-state index is -1.30. The van der Waals surface area contributed by atoms with Crippen molar-refractivity contribution >= 4 is 41.4 Å². The number of anilines is 2. The Balaban J connectivity index is 1.44. The molecule has 9 nitrogen and oxygen atoms in total. The predicted octanol–water partition coefficient (Wildman–Crippen LogP) is 5.11. The maximum Gasteiger partial charge on any atom is 0.506 e. The van der Waals surface area contributed by atoms with E-state index in [2.05, 4.69) is 27.5 Å². The van der Waals surface area contributed by atoms with Gasteiger partial charge in [0.2, 0.25) is 0 Å². The summed E-state index contributed by atoms with van der Waals surface area (Å²) < 4.78 is 19.7. The zero-order valence-corrected chi connectivity index (χ0v) is 21.8. The Bertz CT molecular complexity index is 1580. The lowest BCUT2D eigenvalue weighted by Crippen LogP contribution is -2.36. The summed E-state index contributed by atoms with van der Waals surface area (Å²) in [6.45, 7) is 1.07. The molecule has 1 aliphatic rings. The zero-order chi connectivity index (χ0) is 29.4. The first-order chi connectivity index (χ1) is 19.7. The molecule has 0 bridgehead atoms. The fraction of sp³-hybridized carbons (Fsp3) is 0.161. The molecule has 0 unspecified atom stereocenters. The SMILES string of the molecule is C#Cc1ccc(NC(=O)c2cc(C#C)ccc2NC(=O)c2ccc(N=CN3CCC(OC(=O)O)CC3)cc2F)cc1. The van der Waals surface area contributed by atoms with Crippen LogP contribution in [-0.2, 0) is 4.74 Å². The number of nitrogens with zero attached hydrogens (tertiary/aromatic N) is 2. The minimum absolute atomic E-state index is 0.0916. The number of carboxylic acid groups (broad SMARTS) is 1. The number of benzene rings is 3. The lowest BCUT2D eigenvalue weighted by atomic mass is 10.1. The minimum Gasteiger partial charge on any atom is -0.450 e. The molecule has 41 heavy (non-hydrogen) atoms. The Morgan fingerprint density at radius 2 is 1.59 bits per heavy atom. The molecule has 206 valence electrons. The van der Waals surface area contributed by atoms with Gasteiger partial charge in [-0.2, -0.15) is 0 Å². The van der Waals surface area contributed by atoms with E-state index < -0.39 is 23.8 Å². The number of amides is 2. The number of ether oxygens (including phenoxy) is 1. The van der Waals surface area contributed by atoms with Crippen molar-refractivity contribution in [2.24, 2.45) is 4.99 Å². The van der Waals surface area contributed by atoms with Crippen LogP contribution in [0.2, 0.25) is 0 Å². The van der Waals surface area contributed by atoms with Gasteiger partial charge in [-0.1, -0.05) is 11.8 Å². The van der Waals surface area contributed by atoms with Crippen LogP contribution in [0.4, 0.5) is 26.2 Å². The Kier molecular flexibility index (Phi) is 8.98. The van der Waals surface area contributed by atoms with Crippen molar-refractivity contribution in [3.63, 3.8) is 0 Å². The Morgan fingerprint density at radius 3 is 2.22 bits per heavy atom. The van der Waals surface area contributed by atoms with E-state index >= 15 is 0 Å². The van der Waals surface area contributed by atoms with Gasteiger partial charge in [0, 0.05) is 48.8 Å². The fourth-order valence-electron chi connectivity index (χ4n) is 4.14. The maximum absolute atomic E-state index is 14.9. The summed E-state index contributed by atoms with van der Waals surface area (Å²) in [5, 5.41) is 14.0. The van der Waals surface area contributed by atoms with Gasteiger partial charge in [0.15, 0.2) is 0 Å². The molecule has 4 rings (SSSR count). The molecule has 1 fully saturated rings. The van der Waals surface area contributed by atoms with E-state index in [1.165, 1.54) is 24.3 Å². The van der Waals surface area contributed by atoms with Gasteiger partial charge in [-0.15, -0.1) is 12.8 Å². The Hall–Kier alpha value is -5.61. The van der Waals surface area contributed by atoms with Gasteiger partial charge in [-0.3, -0.25) is 9.59 Å². The number of carbonyl (C=O) groups is 3. The van der Waals surface area contributed by atoms with E-state index in [1.807, 2.05) is 4.90 Å². The molecule has 1 heterocycles. The van der Waals surface area contributed by atoms with Crippen LogP contribution in [0.1, 0.15) is 44.7 Å². The highest BCUT2D eigenvalue weighted by Crippen LogP contribution is 2.23. The second-order valence-electron chi connectivity index (χ2n) is 9.06. The smallest absolute Gasteiger partial charge is 0.450 e. The van der Waals surface area contributed by atoms with Crippen molar-refractivity contribution in [3.05, 3.63) is 88.7 Å². The van der Waals surface area contributed by atoms with Crippen LogP contribution in [-0.4, -0.2) is 53.5 Å². The van der Waals surface area contributed by atoms with Crippen LogP contribution < -0.4 is 10.6 Å². The molecule has 0 aliphatic carbocycles. The van der Waals surface area contributed by atoms with Crippen molar-refractivity contribution in [1.82, 2.24) is 4.90 Å². The average Bonchev–Trinajstić information content (AvgIpc) is 2.97. The normalized spacial score (nSPS) is 13.2. The molecule has 1 saturated heterocycles. The number of terminal acetylenes is 2.